The Kier molecular flexibility index (Phi) is 7.53. The minimum absolute atomic E-state index is 0.357. The highest BCUT2D eigenvalue weighted by molar-refractivity contribution is 4.88. The molecule has 0 aromatic carbocycles. The molecule has 0 aliphatic carbocycles. The lowest BCUT2D eigenvalue weighted by Gasteiger charge is -2.45. The lowest BCUT2D eigenvalue weighted by atomic mass is 9.78. The summed E-state index contributed by atoms with van der Waals surface area (Å²) in [4.78, 5) is 8.25. The fraction of sp³-hybridized carbons (Fsp3) is 1.00. The molecule has 28 heavy (non-hydrogen) atoms. The summed E-state index contributed by atoms with van der Waals surface area (Å²) >= 11 is 0. The quantitative estimate of drug-likeness (QED) is 0.645. The van der Waals surface area contributed by atoms with E-state index in [1.165, 1.54) is 90.8 Å². The molecule has 3 aliphatic rings. The van der Waals surface area contributed by atoms with Crippen molar-refractivity contribution in [2.75, 3.05) is 45.8 Å². The largest absolute Gasteiger partial charge is 0.303 e. The van der Waals surface area contributed by atoms with Gasteiger partial charge in [0, 0.05) is 17.6 Å². The van der Waals surface area contributed by atoms with Gasteiger partial charge in [-0.05, 0) is 137 Å². The summed E-state index contributed by atoms with van der Waals surface area (Å²) in [5, 5.41) is 0. The van der Waals surface area contributed by atoms with E-state index in [1.807, 2.05) is 0 Å². The van der Waals surface area contributed by atoms with E-state index >= 15 is 0 Å². The van der Waals surface area contributed by atoms with Gasteiger partial charge in [-0.2, -0.15) is 0 Å². The second-order valence-corrected chi connectivity index (χ2v) is 11.7. The minimum atomic E-state index is 0.357. The molecular formula is C25H49N3. The molecule has 3 heteroatoms. The number of likely N-dealkylation sites (tertiary alicyclic amines) is 3. The average Bonchev–Trinajstić information content (AvgIpc) is 2.68. The number of nitrogens with zero attached hydrogens (tertiary/aromatic N) is 3. The highest BCUT2D eigenvalue weighted by atomic mass is 15.2. The molecule has 3 nitrogen and oxygen atoms in total. The van der Waals surface area contributed by atoms with Gasteiger partial charge in [-0.1, -0.05) is 6.92 Å². The Hall–Kier alpha value is -0.120. The zero-order valence-corrected chi connectivity index (χ0v) is 20.0. The van der Waals surface area contributed by atoms with Gasteiger partial charge in [0.05, 0.1) is 0 Å². The van der Waals surface area contributed by atoms with E-state index in [-0.39, 0.29) is 0 Å². The molecule has 0 N–H and O–H groups in total. The SMILES string of the molecule is CCC(C)(C)N1CCC(CN2CCC(C3CCN(C(C)(C)C)CC3)CC2)CC1. The Morgan fingerprint density at radius 2 is 1.11 bits per heavy atom. The molecule has 0 aromatic heterocycles. The van der Waals surface area contributed by atoms with Crippen LogP contribution in [0.1, 0.15) is 86.5 Å². The topological polar surface area (TPSA) is 9.72 Å². The van der Waals surface area contributed by atoms with E-state index in [1.54, 1.807) is 0 Å². The van der Waals surface area contributed by atoms with Crippen molar-refractivity contribution >= 4 is 0 Å². The van der Waals surface area contributed by atoms with Crippen LogP contribution in [0, 0.1) is 17.8 Å². The summed E-state index contributed by atoms with van der Waals surface area (Å²) in [5.41, 5.74) is 0.752. The number of hydrogen-bond donors (Lipinski definition) is 0. The maximum Gasteiger partial charge on any atom is 0.0150 e. The first-order valence-electron chi connectivity index (χ1n) is 12.4. The standard InChI is InChI=1S/C25H49N3/c1-7-25(5,6)28-16-8-21(9-17-28)20-26-14-10-22(11-15-26)23-12-18-27(19-13-23)24(2,3)4/h21-23H,7-20H2,1-6H3. The van der Waals surface area contributed by atoms with E-state index in [0.717, 1.165) is 17.8 Å². The van der Waals surface area contributed by atoms with Gasteiger partial charge in [0.1, 0.15) is 0 Å². The van der Waals surface area contributed by atoms with Gasteiger partial charge in [-0.3, -0.25) is 9.80 Å². The highest BCUT2D eigenvalue weighted by Gasteiger charge is 2.34. The summed E-state index contributed by atoms with van der Waals surface area (Å²) < 4.78 is 0. The summed E-state index contributed by atoms with van der Waals surface area (Å²) in [6, 6.07) is 0. The molecule has 3 fully saturated rings. The zero-order valence-electron chi connectivity index (χ0n) is 20.0. The van der Waals surface area contributed by atoms with E-state index in [2.05, 4.69) is 56.2 Å². The van der Waals surface area contributed by atoms with Gasteiger partial charge >= 0.3 is 0 Å². The maximum absolute atomic E-state index is 2.81. The summed E-state index contributed by atoms with van der Waals surface area (Å²) in [6.45, 7) is 23.7. The van der Waals surface area contributed by atoms with Gasteiger partial charge in [-0.25, -0.2) is 0 Å². The van der Waals surface area contributed by atoms with Crippen molar-refractivity contribution in [2.45, 2.75) is 97.6 Å². The Balaban J connectivity index is 1.35. The average molecular weight is 392 g/mol. The van der Waals surface area contributed by atoms with Crippen LogP contribution in [0.4, 0.5) is 0 Å². The molecule has 0 amide bonds. The molecule has 0 spiro atoms. The molecule has 0 radical (unpaired) electrons. The van der Waals surface area contributed by atoms with Crippen molar-refractivity contribution in [3.63, 3.8) is 0 Å². The molecule has 0 unspecified atom stereocenters. The number of rotatable bonds is 5. The first-order valence-corrected chi connectivity index (χ1v) is 12.4. The third-order valence-electron chi connectivity index (χ3n) is 8.64. The van der Waals surface area contributed by atoms with Crippen LogP contribution in [0.5, 0.6) is 0 Å². The lowest BCUT2D eigenvalue weighted by Crippen LogP contribution is -2.50. The first-order chi connectivity index (χ1) is 13.2. The fourth-order valence-electron chi connectivity index (χ4n) is 5.96. The van der Waals surface area contributed by atoms with Crippen molar-refractivity contribution in [1.82, 2.24) is 14.7 Å². The normalized spacial score (nSPS) is 26.8. The van der Waals surface area contributed by atoms with Gasteiger partial charge in [0.2, 0.25) is 0 Å². The molecule has 3 rings (SSSR count). The monoisotopic (exact) mass is 391 g/mol. The molecule has 0 bridgehead atoms. The van der Waals surface area contributed by atoms with Crippen LogP contribution in [0.25, 0.3) is 0 Å². The van der Waals surface area contributed by atoms with Crippen LogP contribution >= 0.6 is 0 Å². The molecule has 0 atom stereocenters. The number of hydrogen-bond acceptors (Lipinski definition) is 3. The minimum Gasteiger partial charge on any atom is -0.303 e. The molecule has 164 valence electrons. The summed E-state index contributed by atoms with van der Waals surface area (Å²) in [7, 11) is 0. The summed E-state index contributed by atoms with van der Waals surface area (Å²) in [5.74, 6) is 2.95. The lowest BCUT2D eigenvalue weighted by molar-refractivity contribution is 0.0388. The van der Waals surface area contributed by atoms with Crippen LogP contribution in [-0.4, -0.2) is 71.6 Å². The first kappa shape index (κ1) is 22.6. The third-order valence-corrected chi connectivity index (χ3v) is 8.64. The van der Waals surface area contributed by atoms with Gasteiger partial charge < -0.3 is 4.90 Å². The van der Waals surface area contributed by atoms with E-state index in [4.69, 9.17) is 0 Å². The van der Waals surface area contributed by atoms with E-state index in [0.29, 0.717) is 11.1 Å². The van der Waals surface area contributed by atoms with Crippen molar-refractivity contribution in [3.05, 3.63) is 0 Å². The molecule has 3 heterocycles. The molecule has 0 saturated carbocycles. The van der Waals surface area contributed by atoms with Crippen molar-refractivity contribution in [3.8, 4) is 0 Å². The smallest absolute Gasteiger partial charge is 0.0150 e. The Morgan fingerprint density at radius 3 is 1.57 bits per heavy atom. The van der Waals surface area contributed by atoms with Crippen molar-refractivity contribution < 1.29 is 0 Å². The predicted octanol–water partition coefficient (Wildman–Crippen LogP) is 5.11. The van der Waals surface area contributed by atoms with Crippen LogP contribution in [0.15, 0.2) is 0 Å². The number of piperidine rings is 3. The van der Waals surface area contributed by atoms with Gasteiger partial charge in [0.15, 0.2) is 0 Å². The van der Waals surface area contributed by atoms with Gasteiger partial charge in [-0.15, -0.1) is 0 Å². The van der Waals surface area contributed by atoms with E-state index in [9.17, 15) is 0 Å². The predicted molar refractivity (Wildman–Crippen MR) is 122 cm³/mol. The molecule has 3 saturated heterocycles. The van der Waals surface area contributed by atoms with Gasteiger partial charge in [0.25, 0.3) is 0 Å². The molecule has 3 aliphatic heterocycles. The Bertz CT molecular complexity index is 457. The van der Waals surface area contributed by atoms with Crippen LogP contribution < -0.4 is 0 Å². The summed E-state index contributed by atoms with van der Waals surface area (Å²) in [6.07, 6.45) is 9.88. The molecule has 0 aromatic rings. The fourth-order valence-corrected chi connectivity index (χ4v) is 5.96. The van der Waals surface area contributed by atoms with Crippen molar-refractivity contribution in [2.24, 2.45) is 17.8 Å². The third kappa shape index (κ3) is 5.73. The zero-order chi connectivity index (χ0) is 20.4. The van der Waals surface area contributed by atoms with Crippen molar-refractivity contribution in [1.29, 1.82) is 0 Å². The Morgan fingerprint density at radius 1 is 0.643 bits per heavy atom. The van der Waals surface area contributed by atoms with Crippen LogP contribution in [-0.2, 0) is 0 Å². The Labute approximate surface area is 176 Å². The molecular weight excluding hydrogens is 342 g/mol. The second-order valence-electron chi connectivity index (χ2n) is 11.7. The van der Waals surface area contributed by atoms with Crippen LogP contribution in [0.2, 0.25) is 0 Å². The second kappa shape index (κ2) is 9.35. The maximum atomic E-state index is 2.81. The highest BCUT2D eigenvalue weighted by Crippen LogP contribution is 2.35. The van der Waals surface area contributed by atoms with E-state index < -0.39 is 0 Å². The van der Waals surface area contributed by atoms with Crippen LogP contribution in [0.3, 0.4) is 0 Å².